The molecule has 0 bridgehead atoms. The van der Waals surface area contributed by atoms with Gasteiger partial charge in [0.2, 0.25) is 5.78 Å². The van der Waals surface area contributed by atoms with Crippen molar-refractivity contribution in [3.8, 4) is 17.2 Å². The van der Waals surface area contributed by atoms with Crippen molar-refractivity contribution in [2.75, 3.05) is 20.2 Å². The van der Waals surface area contributed by atoms with E-state index in [-0.39, 0.29) is 17.3 Å². The van der Waals surface area contributed by atoms with Gasteiger partial charge in [0, 0.05) is 12.8 Å². The van der Waals surface area contributed by atoms with Crippen molar-refractivity contribution in [2.45, 2.75) is 19.4 Å². The van der Waals surface area contributed by atoms with Gasteiger partial charge in [-0.15, -0.1) is 0 Å². The van der Waals surface area contributed by atoms with E-state index in [4.69, 9.17) is 9.47 Å². The van der Waals surface area contributed by atoms with Crippen LogP contribution in [0, 0.1) is 0 Å². The first-order valence-corrected chi connectivity index (χ1v) is 8.92. The zero-order chi connectivity index (χ0) is 18.1. The summed E-state index contributed by atoms with van der Waals surface area (Å²) >= 11 is 0. The second-order valence-electron chi connectivity index (χ2n) is 6.79. The zero-order valence-corrected chi connectivity index (χ0v) is 14.7. The molecule has 26 heavy (non-hydrogen) atoms. The molecule has 2 aliphatic heterocycles. The summed E-state index contributed by atoms with van der Waals surface area (Å²) in [5.41, 5.74) is 2.11. The molecule has 2 aromatic carbocycles. The van der Waals surface area contributed by atoms with Crippen LogP contribution in [0.15, 0.2) is 42.2 Å². The summed E-state index contributed by atoms with van der Waals surface area (Å²) < 4.78 is 11.1. The van der Waals surface area contributed by atoms with Crippen LogP contribution in [0.5, 0.6) is 17.2 Å². The highest BCUT2D eigenvalue weighted by Gasteiger charge is 2.32. The topological polar surface area (TPSA) is 60.2 Å². The number of carbonyl (C=O) groups is 1. The maximum absolute atomic E-state index is 12.7. The van der Waals surface area contributed by atoms with Crippen molar-refractivity contribution < 1.29 is 24.3 Å². The van der Waals surface area contributed by atoms with E-state index in [9.17, 15) is 9.90 Å². The largest absolute Gasteiger partial charge is 0.507 e. The first-order valence-electron chi connectivity index (χ1n) is 8.92. The van der Waals surface area contributed by atoms with Crippen molar-refractivity contribution in [3.63, 3.8) is 0 Å². The molecule has 4 rings (SSSR count). The number of quaternary nitrogens is 1. The molecule has 5 nitrogen and oxygen atoms in total. The fourth-order valence-corrected chi connectivity index (χ4v) is 3.62. The first kappa shape index (κ1) is 16.7. The monoisotopic (exact) mass is 352 g/mol. The molecule has 2 N–H and O–H groups in total. The number of carbonyl (C=O) groups excluding carboxylic acids is 1. The average Bonchev–Trinajstić information content (AvgIpc) is 3.27. The fourth-order valence-electron chi connectivity index (χ4n) is 3.62. The molecule has 5 heteroatoms. The van der Waals surface area contributed by atoms with E-state index >= 15 is 0 Å². The Hall–Kier alpha value is -2.79. The van der Waals surface area contributed by atoms with Crippen molar-refractivity contribution in [1.82, 2.24) is 0 Å². The van der Waals surface area contributed by atoms with Crippen molar-refractivity contribution in [3.05, 3.63) is 58.8 Å². The van der Waals surface area contributed by atoms with E-state index in [0.717, 1.165) is 30.0 Å². The summed E-state index contributed by atoms with van der Waals surface area (Å²) in [6, 6.07) is 10.7. The SMILES string of the molecule is COc1ccc(/C=C2\Oc3c(ccc(O)c3C[NH+]3CCCC3)C2=O)cc1. The van der Waals surface area contributed by atoms with Gasteiger partial charge >= 0.3 is 0 Å². The smallest absolute Gasteiger partial charge is 0.231 e. The molecule has 134 valence electrons. The predicted octanol–water partition coefficient (Wildman–Crippen LogP) is 2.20. The summed E-state index contributed by atoms with van der Waals surface area (Å²) in [6.45, 7) is 2.86. The van der Waals surface area contributed by atoms with Gasteiger partial charge in [0.25, 0.3) is 0 Å². The number of Topliss-reactive ketones (excluding diaryl/α,β-unsaturated/α-hetero) is 1. The highest BCUT2D eigenvalue weighted by Crippen LogP contribution is 2.39. The minimum atomic E-state index is -0.145. The molecule has 0 aliphatic carbocycles. The third-order valence-corrected chi connectivity index (χ3v) is 5.07. The zero-order valence-electron chi connectivity index (χ0n) is 14.7. The van der Waals surface area contributed by atoms with Gasteiger partial charge in [0.05, 0.1) is 31.3 Å². The Labute approximate surface area is 152 Å². The van der Waals surface area contributed by atoms with Gasteiger partial charge in [-0.05, 0) is 35.9 Å². The van der Waals surface area contributed by atoms with Gasteiger partial charge in [-0.2, -0.15) is 0 Å². The number of likely N-dealkylation sites (tertiary alicyclic amines) is 1. The number of ketones is 1. The molecule has 2 aromatic rings. The second kappa shape index (κ2) is 6.84. The lowest BCUT2D eigenvalue weighted by Crippen LogP contribution is -3.08. The molecule has 0 aromatic heterocycles. The Morgan fingerprint density at radius 2 is 1.88 bits per heavy atom. The number of hydrogen-bond acceptors (Lipinski definition) is 4. The van der Waals surface area contributed by atoms with Crippen LogP contribution >= 0.6 is 0 Å². The van der Waals surface area contributed by atoms with Gasteiger partial charge < -0.3 is 19.5 Å². The van der Waals surface area contributed by atoms with Crippen LogP contribution < -0.4 is 14.4 Å². The minimum Gasteiger partial charge on any atom is -0.507 e. The van der Waals surface area contributed by atoms with Crippen LogP contribution in [-0.2, 0) is 6.54 Å². The summed E-state index contributed by atoms with van der Waals surface area (Å²) in [5, 5.41) is 10.3. The van der Waals surface area contributed by atoms with E-state index in [1.165, 1.54) is 17.7 Å². The maximum Gasteiger partial charge on any atom is 0.231 e. The number of aromatic hydroxyl groups is 1. The van der Waals surface area contributed by atoms with Crippen LogP contribution in [0.2, 0.25) is 0 Å². The number of rotatable bonds is 4. The van der Waals surface area contributed by atoms with Crippen molar-refractivity contribution >= 4 is 11.9 Å². The number of allylic oxidation sites excluding steroid dienone is 1. The summed E-state index contributed by atoms with van der Waals surface area (Å²) in [6.07, 6.45) is 4.13. The molecular formula is C21H22NO4+. The van der Waals surface area contributed by atoms with Gasteiger partial charge in [-0.3, -0.25) is 4.79 Å². The standard InChI is InChI=1S/C21H21NO4/c1-25-15-6-4-14(5-7-15)12-19-20(24)16-8-9-18(23)17(21(16)26-19)13-22-10-2-3-11-22/h4-9,12,23H,2-3,10-11,13H2,1H3/p+1/b19-12-. The third kappa shape index (κ3) is 3.06. The Kier molecular flexibility index (Phi) is 4.39. The molecule has 1 fully saturated rings. The highest BCUT2D eigenvalue weighted by atomic mass is 16.5. The molecule has 0 saturated carbocycles. The number of nitrogens with one attached hydrogen (secondary N) is 1. The van der Waals surface area contributed by atoms with Crippen LogP contribution in [0.1, 0.15) is 34.3 Å². The molecular weight excluding hydrogens is 330 g/mol. The predicted molar refractivity (Wildman–Crippen MR) is 97.7 cm³/mol. The molecule has 0 unspecified atom stereocenters. The van der Waals surface area contributed by atoms with E-state index < -0.39 is 0 Å². The third-order valence-electron chi connectivity index (χ3n) is 5.07. The number of benzene rings is 2. The van der Waals surface area contributed by atoms with E-state index in [1.54, 1.807) is 25.3 Å². The highest BCUT2D eigenvalue weighted by molar-refractivity contribution is 6.14. The van der Waals surface area contributed by atoms with Gasteiger partial charge in [0.1, 0.15) is 18.0 Å². The number of phenolic OH excluding ortho intramolecular Hbond substituents is 1. The van der Waals surface area contributed by atoms with Crippen LogP contribution in [0.3, 0.4) is 0 Å². The normalized spacial score (nSPS) is 18.2. The Bertz CT molecular complexity index is 864. The first-order chi connectivity index (χ1) is 12.7. The summed E-state index contributed by atoms with van der Waals surface area (Å²) in [5.74, 6) is 1.60. The van der Waals surface area contributed by atoms with Gasteiger partial charge in [0.15, 0.2) is 11.5 Å². The van der Waals surface area contributed by atoms with Crippen LogP contribution in [-0.4, -0.2) is 31.1 Å². The van der Waals surface area contributed by atoms with Crippen molar-refractivity contribution in [1.29, 1.82) is 0 Å². The molecule has 2 aliphatic rings. The molecule has 0 radical (unpaired) electrons. The second-order valence-corrected chi connectivity index (χ2v) is 6.79. The molecule has 2 heterocycles. The molecule has 0 spiro atoms. The Morgan fingerprint density at radius 3 is 2.58 bits per heavy atom. The molecule has 1 saturated heterocycles. The summed E-state index contributed by atoms with van der Waals surface area (Å²) in [7, 11) is 1.62. The number of ether oxygens (including phenoxy) is 2. The number of phenols is 1. The number of fused-ring (bicyclic) bond motifs is 1. The van der Waals surface area contributed by atoms with Gasteiger partial charge in [-0.25, -0.2) is 0 Å². The lowest BCUT2D eigenvalue weighted by atomic mass is 10.0. The fraction of sp³-hybridized carbons (Fsp3) is 0.286. The molecule has 0 amide bonds. The molecule has 0 atom stereocenters. The average molecular weight is 352 g/mol. The Morgan fingerprint density at radius 1 is 1.15 bits per heavy atom. The number of methoxy groups -OCH3 is 1. The van der Waals surface area contributed by atoms with Crippen LogP contribution in [0.4, 0.5) is 0 Å². The van der Waals surface area contributed by atoms with E-state index in [0.29, 0.717) is 17.9 Å². The van der Waals surface area contributed by atoms with E-state index in [2.05, 4.69) is 0 Å². The lowest BCUT2D eigenvalue weighted by Gasteiger charge is -2.15. The minimum absolute atomic E-state index is 0.145. The Balaban J connectivity index is 1.64. The van der Waals surface area contributed by atoms with Crippen molar-refractivity contribution in [2.24, 2.45) is 0 Å². The van der Waals surface area contributed by atoms with Crippen LogP contribution in [0.25, 0.3) is 6.08 Å². The maximum atomic E-state index is 12.7. The number of hydrogen-bond donors (Lipinski definition) is 2. The van der Waals surface area contributed by atoms with E-state index in [1.807, 2.05) is 24.3 Å². The van der Waals surface area contributed by atoms with Gasteiger partial charge in [-0.1, -0.05) is 12.1 Å². The lowest BCUT2D eigenvalue weighted by molar-refractivity contribution is -0.901. The summed E-state index contributed by atoms with van der Waals surface area (Å²) in [4.78, 5) is 14.1. The quantitative estimate of drug-likeness (QED) is 0.828.